The van der Waals surface area contributed by atoms with Crippen molar-refractivity contribution in [2.24, 2.45) is 11.1 Å². The zero-order valence-corrected chi connectivity index (χ0v) is 18.3. The van der Waals surface area contributed by atoms with Crippen LogP contribution in [0.3, 0.4) is 0 Å². The fraction of sp³-hybridized carbons (Fsp3) is 0.583. The molecule has 29 heavy (non-hydrogen) atoms. The number of nitrogens with zero attached hydrogens (tertiary/aromatic N) is 2. The Labute approximate surface area is 174 Å². The molecule has 0 unspecified atom stereocenters. The van der Waals surface area contributed by atoms with Crippen LogP contribution in [-0.2, 0) is 4.79 Å². The van der Waals surface area contributed by atoms with E-state index in [1.54, 1.807) is 0 Å². The van der Waals surface area contributed by atoms with E-state index in [9.17, 15) is 9.59 Å². The van der Waals surface area contributed by atoms with E-state index in [-0.39, 0.29) is 11.8 Å². The summed E-state index contributed by atoms with van der Waals surface area (Å²) in [5.41, 5.74) is 10.1. The molecule has 1 heterocycles. The van der Waals surface area contributed by atoms with Gasteiger partial charge in [-0.3, -0.25) is 9.59 Å². The van der Waals surface area contributed by atoms with E-state index in [1.807, 2.05) is 30.0 Å². The number of nitrogens with two attached hydrogens (primary N) is 1. The maximum Gasteiger partial charge on any atom is 0.249 e. The van der Waals surface area contributed by atoms with Gasteiger partial charge in [0.1, 0.15) is 0 Å². The SMILES string of the molecule is CN(C)CC(=O)N1CCC(c2ccc(C(N)=O)c(C3=CCC(C)(C)CC3)c2)CC1. The first-order valence-corrected chi connectivity index (χ1v) is 10.7. The van der Waals surface area contributed by atoms with E-state index < -0.39 is 0 Å². The van der Waals surface area contributed by atoms with Gasteiger partial charge < -0.3 is 15.5 Å². The van der Waals surface area contributed by atoms with Crippen LogP contribution in [0.25, 0.3) is 5.57 Å². The maximum atomic E-state index is 12.3. The second-order valence-corrected chi connectivity index (χ2v) is 9.66. The van der Waals surface area contributed by atoms with Gasteiger partial charge in [0.25, 0.3) is 0 Å². The van der Waals surface area contributed by atoms with Crippen molar-refractivity contribution >= 4 is 17.4 Å². The molecule has 5 nitrogen and oxygen atoms in total. The molecule has 0 radical (unpaired) electrons. The molecule has 1 aromatic rings. The number of amides is 2. The quantitative estimate of drug-likeness (QED) is 0.825. The summed E-state index contributed by atoms with van der Waals surface area (Å²) in [6.45, 7) is 6.63. The highest BCUT2D eigenvalue weighted by molar-refractivity contribution is 5.98. The van der Waals surface area contributed by atoms with Gasteiger partial charge in [-0.1, -0.05) is 32.1 Å². The van der Waals surface area contributed by atoms with Crippen LogP contribution in [0.1, 0.15) is 73.4 Å². The normalized spacial score (nSPS) is 19.9. The summed E-state index contributed by atoms with van der Waals surface area (Å²) in [5.74, 6) is 0.259. The molecular formula is C24H35N3O2. The Morgan fingerprint density at radius 2 is 1.90 bits per heavy atom. The summed E-state index contributed by atoms with van der Waals surface area (Å²) in [7, 11) is 3.85. The molecule has 0 atom stereocenters. The lowest BCUT2D eigenvalue weighted by molar-refractivity contribution is -0.132. The second kappa shape index (κ2) is 8.70. The van der Waals surface area contributed by atoms with Crippen molar-refractivity contribution < 1.29 is 9.59 Å². The number of likely N-dealkylation sites (N-methyl/N-ethyl adjacent to an activating group) is 1. The third-order valence-electron chi connectivity index (χ3n) is 6.40. The first-order valence-electron chi connectivity index (χ1n) is 10.7. The predicted octanol–water partition coefficient (Wildman–Crippen LogP) is 3.65. The Morgan fingerprint density at radius 1 is 1.21 bits per heavy atom. The predicted molar refractivity (Wildman–Crippen MR) is 118 cm³/mol. The van der Waals surface area contributed by atoms with Gasteiger partial charge in [-0.25, -0.2) is 0 Å². The Hall–Kier alpha value is -2.14. The largest absolute Gasteiger partial charge is 0.366 e. The first-order chi connectivity index (χ1) is 13.7. The van der Waals surface area contributed by atoms with Crippen molar-refractivity contribution in [3.63, 3.8) is 0 Å². The molecule has 0 aromatic heterocycles. The molecular weight excluding hydrogens is 362 g/mol. The van der Waals surface area contributed by atoms with Crippen LogP contribution in [0.15, 0.2) is 24.3 Å². The number of benzene rings is 1. The monoisotopic (exact) mass is 397 g/mol. The third kappa shape index (κ3) is 5.27. The van der Waals surface area contributed by atoms with Gasteiger partial charge in [0.15, 0.2) is 0 Å². The number of allylic oxidation sites excluding steroid dienone is 2. The average molecular weight is 398 g/mol. The number of piperidine rings is 1. The second-order valence-electron chi connectivity index (χ2n) is 9.66. The van der Waals surface area contributed by atoms with Crippen molar-refractivity contribution in [2.45, 2.75) is 51.9 Å². The highest BCUT2D eigenvalue weighted by atomic mass is 16.2. The summed E-state index contributed by atoms with van der Waals surface area (Å²) in [5, 5.41) is 0. The van der Waals surface area contributed by atoms with Gasteiger partial charge in [0, 0.05) is 18.7 Å². The van der Waals surface area contributed by atoms with E-state index in [1.165, 1.54) is 11.1 Å². The van der Waals surface area contributed by atoms with Crippen LogP contribution in [0.5, 0.6) is 0 Å². The van der Waals surface area contributed by atoms with Crippen LogP contribution in [0, 0.1) is 5.41 Å². The molecule has 2 aliphatic rings. The van der Waals surface area contributed by atoms with E-state index >= 15 is 0 Å². The minimum atomic E-state index is -0.360. The van der Waals surface area contributed by atoms with Crippen LogP contribution in [0.4, 0.5) is 0 Å². The number of hydrogen-bond donors (Lipinski definition) is 1. The fourth-order valence-corrected chi connectivity index (χ4v) is 4.45. The average Bonchev–Trinajstić information content (AvgIpc) is 2.67. The molecule has 2 N–H and O–H groups in total. The summed E-state index contributed by atoms with van der Waals surface area (Å²) in [6, 6.07) is 6.14. The highest BCUT2D eigenvalue weighted by Crippen LogP contribution is 2.40. The number of carbonyl (C=O) groups excluding carboxylic acids is 2. The van der Waals surface area contributed by atoms with Gasteiger partial charge in [-0.05, 0) is 80.3 Å². The molecule has 1 aliphatic carbocycles. The topological polar surface area (TPSA) is 66.6 Å². The van der Waals surface area contributed by atoms with Gasteiger partial charge in [0.2, 0.25) is 11.8 Å². The van der Waals surface area contributed by atoms with Crippen LogP contribution in [-0.4, -0.2) is 55.3 Å². The lowest BCUT2D eigenvalue weighted by Gasteiger charge is -2.33. The van der Waals surface area contributed by atoms with Crippen molar-refractivity contribution in [3.05, 3.63) is 41.0 Å². The lowest BCUT2D eigenvalue weighted by atomic mass is 9.76. The molecule has 1 aliphatic heterocycles. The summed E-state index contributed by atoms with van der Waals surface area (Å²) in [4.78, 5) is 28.2. The Bertz CT molecular complexity index is 802. The van der Waals surface area contributed by atoms with Gasteiger partial charge in [0.05, 0.1) is 6.54 Å². The van der Waals surface area contributed by atoms with Gasteiger partial charge in [-0.2, -0.15) is 0 Å². The van der Waals surface area contributed by atoms with Gasteiger partial charge in [-0.15, -0.1) is 0 Å². The van der Waals surface area contributed by atoms with E-state index in [0.717, 1.165) is 50.8 Å². The van der Waals surface area contributed by atoms with Crippen molar-refractivity contribution in [1.29, 1.82) is 0 Å². The molecule has 0 saturated carbocycles. The minimum absolute atomic E-state index is 0.202. The highest BCUT2D eigenvalue weighted by Gasteiger charge is 2.27. The number of carbonyl (C=O) groups is 2. The zero-order valence-electron chi connectivity index (χ0n) is 18.3. The van der Waals surface area contributed by atoms with E-state index in [0.29, 0.717) is 23.4 Å². The van der Waals surface area contributed by atoms with Crippen LogP contribution in [0.2, 0.25) is 0 Å². The Morgan fingerprint density at radius 3 is 2.45 bits per heavy atom. The molecule has 0 bridgehead atoms. The molecule has 1 aromatic carbocycles. The molecule has 158 valence electrons. The Kier molecular flexibility index (Phi) is 6.47. The lowest BCUT2D eigenvalue weighted by Crippen LogP contribution is -2.42. The summed E-state index contributed by atoms with van der Waals surface area (Å²) in [6.07, 6.45) is 7.33. The Balaban J connectivity index is 1.77. The number of primary amides is 1. The summed E-state index contributed by atoms with van der Waals surface area (Å²) >= 11 is 0. The molecule has 2 amide bonds. The fourth-order valence-electron chi connectivity index (χ4n) is 4.45. The first kappa shape index (κ1) is 21.6. The van der Waals surface area contributed by atoms with Gasteiger partial charge >= 0.3 is 0 Å². The summed E-state index contributed by atoms with van der Waals surface area (Å²) < 4.78 is 0. The number of rotatable bonds is 5. The maximum absolute atomic E-state index is 12.3. The third-order valence-corrected chi connectivity index (χ3v) is 6.40. The van der Waals surface area contributed by atoms with Crippen molar-refractivity contribution in [2.75, 3.05) is 33.7 Å². The standard InChI is InChI=1S/C24H35N3O2/c1-24(2)11-7-18(8-12-24)21-15-19(5-6-20(21)23(25)29)17-9-13-27(14-10-17)22(28)16-26(3)4/h5-7,15,17H,8-14,16H2,1-4H3,(H2,25,29). The minimum Gasteiger partial charge on any atom is -0.366 e. The number of hydrogen-bond acceptors (Lipinski definition) is 3. The molecule has 3 rings (SSSR count). The number of likely N-dealkylation sites (tertiary alicyclic amines) is 1. The molecule has 0 spiro atoms. The smallest absolute Gasteiger partial charge is 0.249 e. The molecule has 1 saturated heterocycles. The van der Waals surface area contributed by atoms with E-state index in [2.05, 4.69) is 32.1 Å². The van der Waals surface area contributed by atoms with Crippen molar-refractivity contribution in [3.8, 4) is 0 Å². The van der Waals surface area contributed by atoms with Crippen LogP contribution < -0.4 is 5.73 Å². The van der Waals surface area contributed by atoms with E-state index in [4.69, 9.17) is 5.73 Å². The molecule has 1 fully saturated rings. The molecule has 5 heteroatoms. The van der Waals surface area contributed by atoms with Crippen LogP contribution >= 0.6 is 0 Å². The zero-order chi connectivity index (χ0) is 21.2. The van der Waals surface area contributed by atoms with Crippen molar-refractivity contribution in [1.82, 2.24) is 9.80 Å².